The van der Waals surface area contributed by atoms with Gasteiger partial charge in [-0.25, -0.2) is 0 Å². The van der Waals surface area contributed by atoms with E-state index in [-0.39, 0.29) is 27.9 Å². The molecule has 0 N–H and O–H groups in total. The fourth-order valence-electron chi connectivity index (χ4n) is 4.20. The molecule has 0 aliphatic carbocycles. The van der Waals surface area contributed by atoms with E-state index in [9.17, 15) is 0 Å². The number of ether oxygens (including phenoxy) is 3. The summed E-state index contributed by atoms with van der Waals surface area (Å²) < 4.78 is 24.4. The SMILES string of the molecule is COC1C[C@H](OC(=S)S)[C@@H](CO[Si](c2ccccc2)(c2ccccc2)C(C)(C)C)O1. The average molecular weight is 463 g/mol. The first-order valence-corrected chi connectivity index (χ1v) is 12.9. The van der Waals surface area contributed by atoms with E-state index in [2.05, 4.69) is 81.9 Å². The molecule has 0 bridgehead atoms. The smallest absolute Gasteiger partial charge is 0.261 e. The van der Waals surface area contributed by atoms with Crippen molar-refractivity contribution in [3.05, 3.63) is 60.7 Å². The van der Waals surface area contributed by atoms with E-state index in [1.54, 1.807) is 7.11 Å². The largest absolute Gasteiger partial charge is 0.472 e. The van der Waals surface area contributed by atoms with Crippen molar-refractivity contribution in [1.29, 1.82) is 0 Å². The van der Waals surface area contributed by atoms with Gasteiger partial charge in [0.1, 0.15) is 12.2 Å². The van der Waals surface area contributed by atoms with Gasteiger partial charge in [0.15, 0.2) is 6.29 Å². The first-order chi connectivity index (χ1) is 14.3. The van der Waals surface area contributed by atoms with E-state index in [1.807, 2.05) is 12.1 Å². The highest BCUT2D eigenvalue weighted by Gasteiger charge is 2.51. The van der Waals surface area contributed by atoms with Crippen LogP contribution in [0.25, 0.3) is 0 Å². The van der Waals surface area contributed by atoms with Crippen LogP contribution in [0, 0.1) is 0 Å². The average Bonchev–Trinajstić information content (AvgIpc) is 3.10. The molecule has 1 unspecified atom stereocenters. The minimum Gasteiger partial charge on any atom is -0.472 e. The highest BCUT2D eigenvalue weighted by molar-refractivity contribution is 8.10. The summed E-state index contributed by atoms with van der Waals surface area (Å²) in [5.41, 5.74) is 0. The van der Waals surface area contributed by atoms with Crippen molar-refractivity contribution in [3.8, 4) is 0 Å². The Labute approximate surface area is 191 Å². The molecule has 1 aliphatic heterocycles. The maximum atomic E-state index is 6.97. The Hall–Kier alpha value is -1.22. The summed E-state index contributed by atoms with van der Waals surface area (Å²) in [5, 5.41) is 2.35. The molecule has 3 rings (SSSR count). The van der Waals surface area contributed by atoms with Crippen molar-refractivity contribution in [3.63, 3.8) is 0 Å². The van der Waals surface area contributed by atoms with Crippen LogP contribution in [0.4, 0.5) is 0 Å². The number of thiol groups is 1. The lowest BCUT2D eigenvalue weighted by Crippen LogP contribution is -2.67. The van der Waals surface area contributed by atoms with Gasteiger partial charge in [0.05, 0.1) is 6.61 Å². The van der Waals surface area contributed by atoms with Gasteiger partial charge in [-0.1, -0.05) is 94.1 Å². The fourth-order valence-corrected chi connectivity index (χ4v) is 9.03. The molecule has 0 spiro atoms. The zero-order valence-electron chi connectivity index (χ0n) is 17.9. The summed E-state index contributed by atoms with van der Waals surface area (Å²) >= 11 is 9.18. The molecule has 2 aromatic rings. The highest BCUT2D eigenvalue weighted by Crippen LogP contribution is 2.37. The number of thiocarbonyl (C=S) groups is 1. The normalized spacial score (nSPS) is 22.1. The van der Waals surface area contributed by atoms with Crippen molar-refractivity contribution >= 4 is 47.9 Å². The molecule has 0 aromatic heterocycles. The molecule has 0 amide bonds. The van der Waals surface area contributed by atoms with Crippen LogP contribution in [0.3, 0.4) is 0 Å². The maximum absolute atomic E-state index is 6.97. The zero-order chi connectivity index (χ0) is 21.8. The lowest BCUT2D eigenvalue weighted by atomic mass is 10.2. The molecule has 7 heteroatoms. The Balaban J connectivity index is 1.98. The van der Waals surface area contributed by atoms with Gasteiger partial charge >= 0.3 is 0 Å². The molecule has 2 aromatic carbocycles. The molecule has 1 heterocycles. The van der Waals surface area contributed by atoms with E-state index in [4.69, 9.17) is 30.9 Å². The number of hydrogen-bond donors (Lipinski definition) is 1. The van der Waals surface area contributed by atoms with Gasteiger partial charge < -0.3 is 18.6 Å². The van der Waals surface area contributed by atoms with Crippen LogP contribution in [0.2, 0.25) is 5.04 Å². The molecule has 1 saturated heterocycles. The monoisotopic (exact) mass is 462 g/mol. The minimum atomic E-state index is -2.65. The fraction of sp³-hybridized carbons (Fsp3) is 0.435. The predicted octanol–water partition coefficient (Wildman–Crippen LogP) is 3.92. The van der Waals surface area contributed by atoms with Crippen LogP contribution in [0.1, 0.15) is 27.2 Å². The van der Waals surface area contributed by atoms with E-state index in [1.165, 1.54) is 10.4 Å². The van der Waals surface area contributed by atoms with Gasteiger partial charge in [-0.15, -0.1) is 0 Å². The zero-order valence-corrected chi connectivity index (χ0v) is 20.6. The third kappa shape index (κ3) is 4.98. The number of benzene rings is 2. The summed E-state index contributed by atoms with van der Waals surface area (Å²) in [6.07, 6.45) is -0.295. The summed E-state index contributed by atoms with van der Waals surface area (Å²) in [7, 11) is -1.02. The van der Waals surface area contributed by atoms with Crippen LogP contribution >= 0.6 is 24.8 Å². The van der Waals surface area contributed by atoms with Gasteiger partial charge in [-0.05, 0) is 27.6 Å². The minimum absolute atomic E-state index is 0.107. The lowest BCUT2D eigenvalue weighted by molar-refractivity contribution is -0.125. The Morgan fingerprint density at radius 2 is 1.60 bits per heavy atom. The highest BCUT2D eigenvalue weighted by atomic mass is 32.1. The molecule has 30 heavy (non-hydrogen) atoms. The van der Waals surface area contributed by atoms with Crippen molar-refractivity contribution < 1.29 is 18.6 Å². The summed E-state index contributed by atoms with van der Waals surface area (Å²) in [6, 6.07) is 21.1. The summed E-state index contributed by atoms with van der Waals surface area (Å²) in [4.78, 5) is 0. The van der Waals surface area contributed by atoms with Gasteiger partial charge in [0, 0.05) is 13.5 Å². The Kier molecular flexibility index (Phi) is 7.76. The van der Waals surface area contributed by atoms with Crippen molar-refractivity contribution in [2.45, 2.75) is 50.7 Å². The topological polar surface area (TPSA) is 36.9 Å². The molecule has 3 atom stereocenters. The third-order valence-corrected chi connectivity index (χ3v) is 10.8. The molecule has 4 nitrogen and oxygen atoms in total. The number of methoxy groups -OCH3 is 1. The molecular weight excluding hydrogens is 432 g/mol. The molecule has 1 aliphatic rings. The second-order valence-corrected chi connectivity index (χ2v) is 13.9. The Bertz CT molecular complexity index is 787. The predicted molar refractivity (Wildman–Crippen MR) is 130 cm³/mol. The van der Waals surface area contributed by atoms with Gasteiger partial charge in [-0.3, -0.25) is 0 Å². The van der Waals surface area contributed by atoms with Crippen molar-refractivity contribution in [1.82, 2.24) is 0 Å². The first-order valence-electron chi connectivity index (χ1n) is 10.1. The maximum Gasteiger partial charge on any atom is 0.261 e. The number of hydrogen-bond acceptors (Lipinski definition) is 5. The second kappa shape index (κ2) is 9.93. The third-order valence-electron chi connectivity index (χ3n) is 5.56. The molecule has 0 radical (unpaired) electrons. The molecular formula is C23H30O4S2Si. The van der Waals surface area contributed by atoms with Crippen molar-refractivity contribution in [2.24, 2.45) is 0 Å². The van der Waals surface area contributed by atoms with E-state index < -0.39 is 8.32 Å². The number of rotatable bonds is 7. The van der Waals surface area contributed by atoms with E-state index in [0.29, 0.717) is 13.0 Å². The molecule has 1 fully saturated rings. The van der Waals surface area contributed by atoms with Crippen LogP contribution in [0.15, 0.2) is 60.7 Å². The quantitative estimate of drug-likeness (QED) is 0.383. The van der Waals surface area contributed by atoms with Gasteiger partial charge in [0.25, 0.3) is 8.32 Å². The van der Waals surface area contributed by atoms with E-state index >= 15 is 0 Å². The van der Waals surface area contributed by atoms with Crippen LogP contribution in [-0.4, -0.2) is 44.9 Å². The molecule has 162 valence electrons. The lowest BCUT2D eigenvalue weighted by Gasteiger charge is -2.43. The van der Waals surface area contributed by atoms with Crippen LogP contribution < -0.4 is 10.4 Å². The van der Waals surface area contributed by atoms with Crippen LogP contribution in [0.5, 0.6) is 0 Å². The second-order valence-electron chi connectivity index (χ2n) is 8.47. The standard InChI is InChI=1S/C23H30O4S2Si/c1-23(2,3)30(17-11-7-5-8-12-17,18-13-9-6-10-14-18)25-16-20-19(27-22(28)29)15-21(24-4)26-20/h5-14,19-21H,15-16H2,1-4H3,(H,28,29)/t19-,20+,21?/m0/s1. The molecule has 0 saturated carbocycles. The first kappa shape index (κ1) is 23.4. The van der Waals surface area contributed by atoms with E-state index in [0.717, 1.165) is 0 Å². The van der Waals surface area contributed by atoms with Gasteiger partial charge in [-0.2, -0.15) is 0 Å². The van der Waals surface area contributed by atoms with Crippen molar-refractivity contribution in [2.75, 3.05) is 13.7 Å². The van der Waals surface area contributed by atoms with Gasteiger partial charge in [0.2, 0.25) is 4.38 Å². The Morgan fingerprint density at radius 3 is 2.03 bits per heavy atom. The summed E-state index contributed by atoms with van der Waals surface area (Å²) in [5.74, 6) is 0. The summed E-state index contributed by atoms with van der Waals surface area (Å²) in [6.45, 7) is 7.14. The van der Waals surface area contributed by atoms with Crippen LogP contribution in [-0.2, 0) is 18.6 Å². The Morgan fingerprint density at radius 1 is 1.07 bits per heavy atom.